The van der Waals surface area contributed by atoms with Crippen LogP contribution in [0, 0.1) is 0 Å². The van der Waals surface area contributed by atoms with E-state index in [1.807, 2.05) is 24.3 Å². The zero-order chi connectivity index (χ0) is 14.1. The molecule has 0 radical (unpaired) electrons. The molecule has 0 bridgehead atoms. The summed E-state index contributed by atoms with van der Waals surface area (Å²) in [4.78, 5) is 13.4. The van der Waals surface area contributed by atoms with Crippen LogP contribution in [0.5, 0.6) is 5.75 Å². The van der Waals surface area contributed by atoms with Gasteiger partial charge in [0, 0.05) is 31.5 Å². The van der Waals surface area contributed by atoms with Crippen molar-refractivity contribution in [3.63, 3.8) is 0 Å². The zero-order valence-electron chi connectivity index (χ0n) is 11.7. The van der Waals surface area contributed by atoms with Gasteiger partial charge in [-0.05, 0) is 12.5 Å². The molecule has 0 aromatic heterocycles. The number of amides is 1. The van der Waals surface area contributed by atoms with Crippen LogP contribution in [0.4, 0.5) is 0 Å². The average molecular weight is 284 g/mol. The largest absolute Gasteiger partial charge is 0.493 e. The molecule has 1 rings (SSSR count). The Labute approximate surface area is 120 Å². The molecule has 0 N–H and O–H groups in total. The highest BCUT2D eigenvalue weighted by atomic mass is 35.5. The third kappa shape index (κ3) is 5.52. The summed E-state index contributed by atoms with van der Waals surface area (Å²) in [7, 11) is 1.79. The molecule has 0 saturated carbocycles. The summed E-state index contributed by atoms with van der Waals surface area (Å²) in [6, 6.07) is 7.85. The quantitative estimate of drug-likeness (QED) is 0.540. The highest BCUT2D eigenvalue weighted by Gasteiger charge is 2.11. The first kappa shape index (κ1) is 15.8. The molecule has 4 heteroatoms. The fourth-order valence-electron chi connectivity index (χ4n) is 1.72. The van der Waals surface area contributed by atoms with Gasteiger partial charge in [0.15, 0.2) is 0 Å². The minimum absolute atomic E-state index is 0.0540. The van der Waals surface area contributed by atoms with Crippen LogP contribution >= 0.6 is 11.6 Å². The minimum Gasteiger partial charge on any atom is -0.493 e. The molecule has 0 fully saturated rings. The molecule has 0 unspecified atom stereocenters. The first-order valence-electron chi connectivity index (χ1n) is 6.69. The molecular weight excluding hydrogens is 262 g/mol. The number of hydrogen-bond acceptors (Lipinski definition) is 2. The fraction of sp³-hybridized carbons (Fsp3) is 0.533. The predicted molar refractivity (Wildman–Crippen MR) is 78.7 cm³/mol. The van der Waals surface area contributed by atoms with Crippen LogP contribution in [-0.4, -0.2) is 30.3 Å². The van der Waals surface area contributed by atoms with Crippen molar-refractivity contribution in [3.8, 4) is 5.75 Å². The summed E-state index contributed by atoms with van der Waals surface area (Å²) in [6.45, 7) is 3.40. The van der Waals surface area contributed by atoms with E-state index in [2.05, 4.69) is 6.92 Å². The van der Waals surface area contributed by atoms with Crippen molar-refractivity contribution in [1.29, 1.82) is 0 Å². The van der Waals surface area contributed by atoms with Gasteiger partial charge in [-0.1, -0.05) is 31.5 Å². The highest BCUT2D eigenvalue weighted by Crippen LogP contribution is 2.20. The molecular formula is C15H22ClNO2. The number of rotatable bonds is 8. The van der Waals surface area contributed by atoms with Crippen LogP contribution in [0.2, 0.25) is 0 Å². The van der Waals surface area contributed by atoms with Crippen molar-refractivity contribution >= 4 is 17.5 Å². The van der Waals surface area contributed by atoms with Gasteiger partial charge in [0.2, 0.25) is 5.91 Å². The number of alkyl halides is 1. The van der Waals surface area contributed by atoms with E-state index in [1.165, 1.54) is 0 Å². The highest BCUT2D eigenvalue weighted by molar-refractivity contribution is 6.18. The molecule has 0 aliphatic rings. The lowest BCUT2D eigenvalue weighted by Crippen LogP contribution is -2.26. The number of hydrogen-bond donors (Lipinski definition) is 0. The Morgan fingerprint density at radius 2 is 2.11 bits per heavy atom. The molecule has 0 spiro atoms. The predicted octanol–water partition coefficient (Wildman–Crippen LogP) is 3.45. The number of benzene rings is 1. The summed E-state index contributed by atoms with van der Waals surface area (Å²) in [5.74, 6) is 1.28. The molecule has 1 amide bonds. The Balaban J connectivity index is 2.63. The summed E-state index contributed by atoms with van der Waals surface area (Å²) >= 11 is 5.59. The first-order chi connectivity index (χ1) is 9.19. The maximum Gasteiger partial charge on any atom is 0.223 e. The van der Waals surface area contributed by atoms with E-state index in [0.29, 0.717) is 25.5 Å². The molecule has 1 aromatic carbocycles. The molecule has 0 heterocycles. The zero-order valence-corrected chi connectivity index (χ0v) is 12.4. The number of para-hydroxylation sites is 1. The van der Waals surface area contributed by atoms with Crippen LogP contribution in [0.1, 0.15) is 31.7 Å². The first-order valence-corrected chi connectivity index (χ1v) is 7.23. The van der Waals surface area contributed by atoms with Crippen molar-refractivity contribution in [2.75, 3.05) is 19.5 Å². The molecule has 0 saturated heterocycles. The molecule has 0 aliphatic heterocycles. The van der Waals surface area contributed by atoms with Gasteiger partial charge < -0.3 is 9.64 Å². The molecule has 106 valence electrons. The van der Waals surface area contributed by atoms with Crippen LogP contribution < -0.4 is 4.74 Å². The maximum atomic E-state index is 11.7. The fourth-order valence-corrected chi connectivity index (χ4v) is 1.88. The Morgan fingerprint density at radius 1 is 1.37 bits per heavy atom. The van der Waals surface area contributed by atoms with E-state index in [-0.39, 0.29) is 5.91 Å². The normalized spacial score (nSPS) is 10.3. The Kier molecular flexibility index (Phi) is 7.34. The van der Waals surface area contributed by atoms with Crippen molar-refractivity contribution in [3.05, 3.63) is 29.8 Å². The van der Waals surface area contributed by atoms with Gasteiger partial charge in [0.05, 0.1) is 6.61 Å². The second kappa shape index (κ2) is 8.81. The van der Waals surface area contributed by atoms with Gasteiger partial charge in [0.25, 0.3) is 0 Å². The number of unbranched alkanes of at least 4 members (excludes halogenated alkanes) is 1. The van der Waals surface area contributed by atoms with Gasteiger partial charge in [0.1, 0.15) is 5.75 Å². The number of carbonyl (C=O) groups is 1. The Bertz CT molecular complexity index is 395. The monoisotopic (exact) mass is 283 g/mol. The number of ether oxygens (including phenoxy) is 1. The SMILES string of the molecule is CCCCOc1ccccc1CN(C)C(=O)CCCl. The van der Waals surface area contributed by atoms with Crippen molar-refractivity contribution in [2.24, 2.45) is 0 Å². The Morgan fingerprint density at radius 3 is 2.79 bits per heavy atom. The number of halogens is 1. The second-order valence-corrected chi connectivity index (χ2v) is 4.88. The number of nitrogens with zero attached hydrogens (tertiary/aromatic N) is 1. The smallest absolute Gasteiger partial charge is 0.223 e. The lowest BCUT2D eigenvalue weighted by molar-refractivity contribution is -0.130. The van der Waals surface area contributed by atoms with E-state index in [9.17, 15) is 4.79 Å². The van der Waals surface area contributed by atoms with Crippen molar-refractivity contribution < 1.29 is 9.53 Å². The van der Waals surface area contributed by atoms with E-state index < -0.39 is 0 Å². The van der Waals surface area contributed by atoms with Gasteiger partial charge in [-0.3, -0.25) is 4.79 Å². The summed E-state index contributed by atoms with van der Waals surface area (Å²) in [6.07, 6.45) is 2.52. The van der Waals surface area contributed by atoms with Crippen LogP contribution in [0.25, 0.3) is 0 Å². The average Bonchev–Trinajstić information content (AvgIpc) is 2.41. The van der Waals surface area contributed by atoms with Crippen LogP contribution in [0.15, 0.2) is 24.3 Å². The van der Waals surface area contributed by atoms with Crippen molar-refractivity contribution in [1.82, 2.24) is 4.90 Å². The Hall–Kier alpha value is -1.22. The molecule has 1 aromatic rings. The van der Waals surface area contributed by atoms with Gasteiger partial charge >= 0.3 is 0 Å². The summed E-state index contributed by atoms with van der Waals surface area (Å²) < 4.78 is 5.75. The van der Waals surface area contributed by atoms with Crippen LogP contribution in [0.3, 0.4) is 0 Å². The second-order valence-electron chi connectivity index (χ2n) is 4.50. The van der Waals surface area contributed by atoms with Gasteiger partial charge in [-0.15, -0.1) is 11.6 Å². The van der Waals surface area contributed by atoms with Gasteiger partial charge in [-0.2, -0.15) is 0 Å². The molecule has 0 atom stereocenters. The standard InChI is InChI=1S/C15H22ClNO2/c1-3-4-11-19-14-8-6-5-7-13(14)12-17(2)15(18)9-10-16/h5-8H,3-4,9-12H2,1-2H3. The lowest BCUT2D eigenvalue weighted by atomic mass is 10.2. The number of carbonyl (C=O) groups excluding carboxylic acids is 1. The van der Waals surface area contributed by atoms with E-state index in [4.69, 9.17) is 16.3 Å². The van der Waals surface area contributed by atoms with E-state index in [1.54, 1.807) is 11.9 Å². The van der Waals surface area contributed by atoms with Crippen LogP contribution in [-0.2, 0) is 11.3 Å². The third-order valence-electron chi connectivity index (χ3n) is 2.87. The molecule has 19 heavy (non-hydrogen) atoms. The maximum absolute atomic E-state index is 11.7. The lowest BCUT2D eigenvalue weighted by Gasteiger charge is -2.19. The minimum atomic E-state index is 0.0540. The third-order valence-corrected chi connectivity index (χ3v) is 3.06. The molecule has 3 nitrogen and oxygen atoms in total. The van der Waals surface area contributed by atoms with E-state index in [0.717, 1.165) is 24.2 Å². The summed E-state index contributed by atoms with van der Waals surface area (Å²) in [5.41, 5.74) is 1.03. The molecule has 0 aliphatic carbocycles. The summed E-state index contributed by atoms with van der Waals surface area (Å²) in [5, 5.41) is 0. The topological polar surface area (TPSA) is 29.5 Å². The van der Waals surface area contributed by atoms with Crippen molar-refractivity contribution in [2.45, 2.75) is 32.7 Å². The van der Waals surface area contributed by atoms with E-state index >= 15 is 0 Å². The van der Waals surface area contributed by atoms with Gasteiger partial charge in [-0.25, -0.2) is 0 Å².